The average molecular weight is 683 g/mol. The molecule has 3 atom stereocenters. The van der Waals surface area contributed by atoms with Crippen molar-refractivity contribution in [3.05, 3.63) is 155 Å². The second-order valence-electron chi connectivity index (χ2n) is 10.4. The summed E-state index contributed by atoms with van der Waals surface area (Å²) in [6.45, 7) is 1.04. The van der Waals surface area contributed by atoms with Crippen LogP contribution in [-0.4, -0.2) is 34.8 Å². The Morgan fingerprint density at radius 1 is 0.609 bits per heavy atom. The van der Waals surface area contributed by atoms with Crippen molar-refractivity contribution in [1.29, 1.82) is 5.41 Å². The second kappa shape index (κ2) is 16.8. The summed E-state index contributed by atoms with van der Waals surface area (Å²) in [6, 6.07) is 38.9. The summed E-state index contributed by atoms with van der Waals surface area (Å²) in [6.07, 6.45) is -2.85. The van der Waals surface area contributed by atoms with Gasteiger partial charge in [0.05, 0.1) is 19.8 Å². The van der Waals surface area contributed by atoms with Crippen LogP contribution >= 0.6 is 34.8 Å². The summed E-state index contributed by atoms with van der Waals surface area (Å²) in [5.74, 6) is -0.146. The summed E-state index contributed by atoms with van der Waals surface area (Å²) in [4.78, 5) is 0. The molecule has 0 saturated heterocycles. The molecule has 0 amide bonds. The molecule has 7 nitrogen and oxygen atoms in total. The molecular formula is C36H34Cl3NO6. The van der Waals surface area contributed by atoms with Crippen LogP contribution in [0, 0.1) is 5.41 Å². The molecule has 1 unspecified atom stereocenters. The molecule has 10 heteroatoms. The number of benzene rings is 4. The molecule has 1 aliphatic heterocycles. The van der Waals surface area contributed by atoms with Gasteiger partial charge >= 0.3 is 0 Å². The van der Waals surface area contributed by atoms with Gasteiger partial charge in [-0.25, -0.2) is 0 Å². The van der Waals surface area contributed by atoms with Crippen LogP contribution < -0.4 is 0 Å². The van der Waals surface area contributed by atoms with Gasteiger partial charge in [-0.2, -0.15) is 0 Å². The molecule has 0 aliphatic carbocycles. The van der Waals surface area contributed by atoms with Crippen LogP contribution in [0.3, 0.4) is 0 Å². The normalized spacial score (nSPS) is 18.2. The predicted octanol–water partition coefficient (Wildman–Crippen LogP) is 8.52. The van der Waals surface area contributed by atoms with Gasteiger partial charge in [0.15, 0.2) is 5.76 Å². The van der Waals surface area contributed by atoms with Gasteiger partial charge in [-0.3, -0.25) is 5.41 Å². The molecule has 0 saturated carbocycles. The third kappa shape index (κ3) is 9.97. The number of halogens is 3. The Hall–Kier alpha value is -3.56. The molecule has 4 aromatic rings. The zero-order chi connectivity index (χ0) is 32.2. The lowest BCUT2D eigenvalue weighted by atomic mass is 10.1. The summed E-state index contributed by atoms with van der Waals surface area (Å²) >= 11 is 18.1. The average Bonchev–Trinajstić information content (AvgIpc) is 3.07. The number of rotatable bonds is 14. The van der Waals surface area contributed by atoms with Crippen molar-refractivity contribution in [2.24, 2.45) is 0 Å². The van der Waals surface area contributed by atoms with E-state index in [4.69, 9.17) is 68.6 Å². The number of hydrogen-bond donors (Lipinski definition) is 1. The second-order valence-corrected chi connectivity index (χ2v) is 12.7. The van der Waals surface area contributed by atoms with Crippen LogP contribution in [-0.2, 0) is 54.8 Å². The standard InChI is InChI=1S/C36H34Cl3NO6/c37-36(38,39)35(40)46-34-33(44-24-29-19-11-4-12-20-29)32(43-23-28-17-9-3-10-18-28)31(42-22-27-15-7-2-8-16-27)30(45-34)25-41-21-26-13-5-1-6-14-26/h1-20,30-31,34,40H,21-25H2/t30?,31-,34-/m1/s1. The highest BCUT2D eigenvalue weighted by Gasteiger charge is 2.45. The van der Waals surface area contributed by atoms with E-state index in [1.165, 1.54) is 0 Å². The summed E-state index contributed by atoms with van der Waals surface area (Å²) < 4.78 is 35.6. The predicted molar refractivity (Wildman–Crippen MR) is 178 cm³/mol. The molecule has 1 heterocycles. The van der Waals surface area contributed by atoms with Gasteiger partial charge in [0.2, 0.25) is 11.7 Å². The fraction of sp³-hybridized carbons (Fsp3) is 0.250. The van der Waals surface area contributed by atoms with E-state index in [1.807, 2.05) is 121 Å². The quantitative estimate of drug-likeness (QED) is 0.0816. The van der Waals surface area contributed by atoms with Crippen LogP contribution in [0.5, 0.6) is 0 Å². The van der Waals surface area contributed by atoms with E-state index >= 15 is 0 Å². The van der Waals surface area contributed by atoms with Gasteiger partial charge < -0.3 is 28.4 Å². The van der Waals surface area contributed by atoms with Gasteiger partial charge in [-0.15, -0.1) is 0 Å². The monoisotopic (exact) mass is 681 g/mol. The van der Waals surface area contributed by atoms with Gasteiger partial charge in [-0.1, -0.05) is 156 Å². The first-order valence-electron chi connectivity index (χ1n) is 14.7. The van der Waals surface area contributed by atoms with E-state index in [0.717, 1.165) is 22.3 Å². The van der Waals surface area contributed by atoms with Gasteiger partial charge in [-0.05, 0) is 22.3 Å². The molecule has 1 aliphatic rings. The van der Waals surface area contributed by atoms with Crippen LogP contribution in [0.15, 0.2) is 133 Å². The van der Waals surface area contributed by atoms with E-state index in [9.17, 15) is 0 Å². The third-order valence-corrected chi connectivity index (χ3v) is 7.49. The number of nitrogens with one attached hydrogen (secondary N) is 1. The Morgan fingerprint density at radius 3 is 1.52 bits per heavy atom. The molecule has 0 fully saturated rings. The molecule has 0 spiro atoms. The van der Waals surface area contributed by atoms with Crippen molar-refractivity contribution in [2.75, 3.05) is 6.61 Å². The number of ether oxygens (including phenoxy) is 6. The minimum atomic E-state index is -2.14. The first-order chi connectivity index (χ1) is 22.4. The highest BCUT2D eigenvalue weighted by atomic mass is 35.6. The Morgan fingerprint density at radius 2 is 1.04 bits per heavy atom. The Labute approximate surface area is 284 Å². The first kappa shape index (κ1) is 33.8. The molecule has 5 rings (SSSR count). The zero-order valence-electron chi connectivity index (χ0n) is 24.9. The van der Waals surface area contributed by atoms with Crippen LogP contribution in [0.4, 0.5) is 0 Å². The molecule has 0 aromatic heterocycles. The Bertz CT molecular complexity index is 1540. The fourth-order valence-corrected chi connectivity index (χ4v) is 4.81. The topological polar surface area (TPSA) is 79.2 Å². The van der Waals surface area contributed by atoms with Gasteiger partial charge in [0, 0.05) is 0 Å². The van der Waals surface area contributed by atoms with E-state index in [1.54, 1.807) is 0 Å². The van der Waals surface area contributed by atoms with Crippen molar-refractivity contribution in [2.45, 2.75) is 48.7 Å². The lowest BCUT2D eigenvalue weighted by Crippen LogP contribution is -2.48. The van der Waals surface area contributed by atoms with Crippen LogP contribution in [0.1, 0.15) is 22.3 Å². The lowest BCUT2D eigenvalue weighted by molar-refractivity contribution is -0.209. The SMILES string of the molecule is N=C(O[C@H]1OC(COCc2ccccc2)[C@@H](OCc2ccccc2)C(OCc2ccccc2)=C1OCc1ccccc1)C(Cl)(Cl)Cl. The molecule has 1 N–H and O–H groups in total. The van der Waals surface area contributed by atoms with E-state index < -0.39 is 28.2 Å². The van der Waals surface area contributed by atoms with Crippen molar-refractivity contribution in [3.63, 3.8) is 0 Å². The van der Waals surface area contributed by atoms with Crippen molar-refractivity contribution in [1.82, 2.24) is 0 Å². The lowest BCUT2D eigenvalue weighted by Gasteiger charge is -2.38. The zero-order valence-corrected chi connectivity index (χ0v) is 27.2. The smallest absolute Gasteiger partial charge is 0.265 e. The van der Waals surface area contributed by atoms with Crippen LogP contribution in [0.25, 0.3) is 0 Å². The summed E-state index contributed by atoms with van der Waals surface area (Å²) in [5, 5.41) is 8.35. The van der Waals surface area contributed by atoms with Crippen LogP contribution in [0.2, 0.25) is 0 Å². The van der Waals surface area contributed by atoms with Gasteiger partial charge in [0.1, 0.15) is 25.4 Å². The third-order valence-electron chi connectivity index (χ3n) is 6.97. The van der Waals surface area contributed by atoms with E-state index in [2.05, 4.69) is 0 Å². The molecular weight excluding hydrogens is 649 g/mol. The largest absolute Gasteiger partial charge is 0.487 e. The maximum atomic E-state index is 8.35. The molecule has 4 aromatic carbocycles. The maximum absolute atomic E-state index is 8.35. The van der Waals surface area contributed by atoms with E-state index in [0.29, 0.717) is 12.4 Å². The molecule has 46 heavy (non-hydrogen) atoms. The minimum Gasteiger partial charge on any atom is -0.487 e. The summed E-state index contributed by atoms with van der Waals surface area (Å²) in [5.41, 5.74) is 3.77. The number of hydrogen-bond acceptors (Lipinski definition) is 7. The van der Waals surface area contributed by atoms with Crippen molar-refractivity contribution >= 4 is 40.7 Å². The summed E-state index contributed by atoms with van der Waals surface area (Å²) in [7, 11) is 0. The van der Waals surface area contributed by atoms with Crippen molar-refractivity contribution < 1.29 is 28.4 Å². The first-order valence-corrected chi connectivity index (χ1v) is 15.8. The highest BCUT2D eigenvalue weighted by molar-refractivity contribution is 6.76. The molecule has 0 radical (unpaired) electrons. The van der Waals surface area contributed by atoms with Crippen molar-refractivity contribution in [3.8, 4) is 0 Å². The minimum absolute atomic E-state index is 0.0967. The Kier molecular flexibility index (Phi) is 12.4. The maximum Gasteiger partial charge on any atom is 0.265 e. The highest BCUT2D eigenvalue weighted by Crippen LogP contribution is 2.36. The van der Waals surface area contributed by atoms with Gasteiger partial charge in [0.25, 0.3) is 10.1 Å². The van der Waals surface area contributed by atoms with E-state index in [-0.39, 0.29) is 32.2 Å². The molecule has 0 bridgehead atoms. The number of alkyl halides is 3. The fourth-order valence-electron chi connectivity index (χ4n) is 4.67. The molecule has 240 valence electrons. The Balaban J connectivity index is 1.51.